The van der Waals surface area contributed by atoms with Gasteiger partial charge in [0.05, 0.1) is 13.7 Å². The van der Waals surface area contributed by atoms with Crippen molar-refractivity contribution >= 4 is 23.3 Å². The zero-order chi connectivity index (χ0) is 18.5. The fraction of sp³-hybridized carbons (Fsp3) is 0.300. The maximum absolute atomic E-state index is 12.5. The van der Waals surface area contributed by atoms with E-state index >= 15 is 0 Å². The number of carbonyl (C=O) groups excluding carboxylic acids is 2. The van der Waals surface area contributed by atoms with Gasteiger partial charge in [0.2, 0.25) is 0 Å². The van der Waals surface area contributed by atoms with E-state index in [0.717, 1.165) is 5.75 Å². The fourth-order valence-corrected chi connectivity index (χ4v) is 3.17. The summed E-state index contributed by atoms with van der Waals surface area (Å²) in [6.45, 7) is 2.90. The molecule has 0 atom stereocenters. The number of ketones is 1. The number of Topliss-reactive ketones (excluding diaryl/α,β-unsaturated/α-hetero) is 1. The van der Waals surface area contributed by atoms with Gasteiger partial charge in [-0.1, -0.05) is 17.7 Å². The van der Waals surface area contributed by atoms with Crippen LogP contribution in [0.15, 0.2) is 48.5 Å². The van der Waals surface area contributed by atoms with Crippen LogP contribution in [-0.4, -0.2) is 61.3 Å². The van der Waals surface area contributed by atoms with E-state index in [1.165, 1.54) is 0 Å². The van der Waals surface area contributed by atoms with Gasteiger partial charge in [-0.2, -0.15) is 0 Å². The van der Waals surface area contributed by atoms with E-state index in [2.05, 4.69) is 4.90 Å². The van der Waals surface area contributed by atoms with E-state index in [-0.39, 0.29) is 11.7 Å². The molecule has 1 heterocycles. The Kier molecular flexibility index (Phi) is 5.91. The van der Waals surface area contributed by atoms with Gasteiger partial charge in [-0.25, -0.2) is 0 Å². The maximum atomic E-state index is 12.5. The molecule has 0 aromatic heterocycles. The van der Waals surface area contributed by atoms with Gasteiger partial charge in [0, 0.05) is 42.3 Å². The van der Waals surface area contributed by atoms with E-state index in [4.69, 9.17) is 16.3 Å². The highest BCUT2D eigenvalue weighted by molar-refractivity contribution is 6.30. The van der Waals surface area contributed by atoms with E-state index in [9.17, 15) is 9.59 Å². The van der Waals surface area contributed by atoms with Gasteiger partial charge in [0.25, 0.3) is 5.91 Å². The van der Waals surface area contributed by atoms with Crippen molar-refractivity contribution in [2.24, 2.45) is 0 Å². The first-order valence-electron chi connectivity index (χ1n) is 8.51. The van der Waals surface area contributed by atoms with Crippen LogP contribution >= 0.6 is 11.6 Å². The van der Waals surface area contributed by atoms with Crippen LogP contribution in [0.25, 0.3) is 0 Å². The van der Waals surface area contributed by atoms with Gasteiger partial charge in [-0.3, -0.25) is 14.5 Å². The number of ether oxygens (including phenoxy) is 1. The number of amides is 1. The molecule has 2 aromatic carbocycles. The summed E-state index contributed by atoms with van der Waals surface area (Å²) in [6.07, 6.45) is 0. The monoisotopic (exact) mass is 372 g/mol. The number of carbonyl (C=O) groups is 2. The third-order valence-electron chi connectivity index (χ3n) is 4.51. The second-order valence-corrected chi connectivity index (χ2v) is 6.67. The number of halogens is 1. The van der Waals surface area contributed by atoms with Gasteiger partial charge in [0.15, 0.2) is 5.78 Å². The van der Waals surface area contributed by atoms with Gasteiger partial charge < -0.3 is 9.64 Å². The van der Waals surface area contributed by atoms with Crippen molar-refractivity contribution in [2.75, 3.05) is 39.8 Å². The summed E-state index contributed by atoms with van der Waals surface area (Å²) < 4.78 is 5.11. The molecular weight excluding hydrogens is 352 g/mol. The van der Waals surface area contributed by atoms with Crippen LogP contribution in [0.4, 0.5) is 0 Å². The molecule has 1 saturated heterocycles. The zero-order valence-electron chi connectivity index (χ0n) is 14.7. The molecule has 0 radical (unpaired) electrons. The SMILES string of the molecule is COc1ccc(C(=O)CN2CCN(C(=O)c3cccc(Cl)c3)CC2)cc1. The molecule has 136 valence electrons. The Morgan fingerprint density at radius 1 is 1.00 bits per heavy atom. The van der Waals surface area contributed by atoms with Crippen LogP contribution in [0.5, 0.6) is 5.75 Å². The van der Waals surface area contributed by atoms with E-state index in [1.807, 2.05) is 0 Å². The molecule has 5 nitrogen and oxygen atoms in total. The normalized spacial score (nSPS) is 14.9. The van der Waals surface area contributed by atoms with Crippen LogP contribution in [0, 0.1) is 0 Å². The second-order valence-electron chi connectivity index (χ2n) is 6.23. The summed E-state index contributed by atoms with van der Waals surface area (Å²) in [4.78, 5) is 28.8. The van der Waals surface area contributed by atoms with Crippen molar-refractivity contribution in [1.82, 2.24) is 9.80 Å². The molecule has 1 fully saturated rings. The quantitative estimate of drug-likeness (QED) is 0.757. The minimum atomic E-state index is -0.0198. The van der Waals surface area contributed by atoms with Crippen LogP contribution in [0.2, 0.25) is 5.02 Å². The number of nitrogens with zero attached hydrogens (tertiary/aromatic N) is 2. The molecule has 3 rings (SSSR count). The van der Waals surface area contributed by atoms with Crippen molar-refractivity contribution in [3.05, 3.63) is 64.7 Å². The largest absolute Gasteiger partial charge is 0.497 e. The minimum absolute atomic E-state index is 0.0198. The van der Waals surface area contributed by atoms with Gasteiger partial charge >= 0.3 is 0 Å². The molecule has 0 N–H and O–H groups in total. The topological polar surface area (TPSA) is 49.9 Å². The third kappa shape index (κ3) is 4.42. The lowest BCUT2D eigenvalue weighted by molar-refractivity contribution is 0.0624. The van der Waals surface area contributed by atoms with Crippen molar-refractivity contribution in [1.29, 1.82) is 0 Å². The smallest absolute Gasteiger partial charge is 0.253 e. The van der Waals surface area contributed by atoms with E-state index in [0.29, 0.717) is 48.9 Å². The number of hydrogen-bond donors (Lipinski definition) is 0. The Morgan fingerprint density at radius 3 is 2.31 bits per heavy atom. The predicted molar refractivity (Wildman–Crippen MR) is 101 cm³/mol. The molecular formula is C20H21ClN2O3. The Labute approximate surface area is 158 Å². The third-order valence-corrected chi connectivity index (χ3v) is 4.75. The first kappa shape index (κ1) is 18.4. The van der Waals surface area contributed by atoms with Crippen molar-refractivity contribution < 1.29 is 14.3 Å². The van der Waals surface area contributed by atoms with Gasteiger partial charge in [-0.15, -0.1) is 0 Å². The van der Waals surface area contributed by atoms with Gasteiger partial charge in [0.1, 0.15) is 5.75 Å². The Morgan fingerprint density at radius 2 is 1.69 bits per heavy atom. The standard InChI is InChI=1S/C20H21ClN2O3/c1-26-18-7-5-15(6-8-18)19(24)14-22-9-11-23(12-10-22)20(25)16-3-2-4-17(21)13-16/h2-8,13H,9-12,14H2,1H3. The lowest BCUT2D eigenvalue weighted by Gasteiger charge is -2.34. The summed E-state index contributed by atoms with van der Waals surface area (Å²) in [6, 6.07) is 14.1. The molecule has 1 aliphatic heterocycles. The number of rotatable bonds is 5. The highest BCUT2D eigenvalue weighted by Crippen LogP contribution is 2.15. The number of benzene rings is 2. The van der Waals surface area contributed by atoms with Crippen molar-refractivity contribution in [2.45, 2.75) is 0 Å². The first-order chi connectivity index (χ1) is 12.6. The summed E-state index contributed by atoms with van der Waals surface area (Å²) in [5, 5.41) is 0.555. The number of methoxy groups -OCH3 is 1. The van der Waals surface area contributed by atoms with Crippen LogP contribution in [0.1, 0.15) is 20.7 Å². The molecule has 6 heteroatoms. The molecule has 2 aromatic rings. The summed E-state index contributed by atoms with van der Waals surface area (Å²) in [5.41, 5.74) is 1.27. The molecule has 1 aliphatic rings. The number of piperazine rings is 1. The fourth-order valence-electron chi connectivity index (χ4n) is 2.98. The Balaban J connectivity index is 1.53. The Bertz CT molecular complexity index is 784. The summed E-state index contributed by atoms with van der Waals surface area (Å²) in [7, 11) is 1.60. The van der Waals surface area contributed by atoms with E-state index in [1.54, 1.807) is 60.5 Å². The van der Waals surface area contributed by atoms with Crippen molar-refractivity contribution in [3.63, 3.8) is 0 Å². The molecule has 26 heavy (non-hydrogen) atoms. The molecule has 0 bridgehead atoms. The zero-order valence-corrected chi connectivity index (χ0v) is 15.4. The maximum Gasteiger partial charge on any atom is 0.253 e. The molecule has 1 amide bonds. The van der Waals surface area contributed by atoms with E-state index < -0.39 is 0 Å². The van der Waals surface area contributed by atoms with Crippen molar-refractivity contribution in [3.8, 4) is 5.75 Å². The van der Waals surface area contributed by atoms with Crippen LogP contribution < -0.4 is 4.74 Å². The minimum Gasteiger partial charge on any atom is -0.497 e. The summed E-state index contributed by atoms with van der Waals surface area (Å²) in [5.74, 6) is 0.783. The average molecular weight is 373 g/mol. The van der Waals surface area contributed by atoms with Gasteiger partial charge in [-0.05, 0) is 42.5 Å². The lowest BCUT2D eigenvalue weighted by atomic mass is 10.1. The second kappa shape index (κ2) is 8.34. The molecule has 0 spiro atoms. The molecule has 0 unspecified atom stereocenters. The Hall–Kier alpha value is -2.37. The molecule has 0 saturated carbocycles. The highest BCUT2D eigenvalue weighted by atomic mass is 35.5. The summed E-state index contributed by atoms with van der Waals surface area (Å²) >= 11 is 5.96. The van der Waals surface area contributed by atoms with Crippen LogP contribution in [-0.2, 0) is 0 Å². The van der Waals surface area contributed by atoms with Crippen LogP contribution in [0.3, 0.4) is 0 Å². The first-order valence-corrected chi connectivity index (χ1v) is 8.89. The average Bonchev–Trinajstić information content (AvgIpc) is 2.68. The predicted octanol–water partition coefficient (Wildman–Crippen LogP) is 2.99. The lowest BCUT2D eigenvalue weighted by Crippen LogP contribution is -2.49. The molecule has 0 aliphatic carbocycles. The number of hydrogen-bond acceptors (Lipinski definition) is 4. The highest BCUT2D eigenvalue weighted by Gasteiger charge is 2.23.